The standard InChI is InChI=1S/C18H21F2N/c1-17(2,15-9-5-3-6-10-15)13-21-14-18(19,20)16-11-7-4-8-12-16/h3-12,21H,13-14H2,1-2H3. The van der Waals surface area contributed by atoms with Gasteiger partial charge in [-0.05, 0) is 5.56 Å². The fourth-order valence-electron chi connectivity index (χ4n) is 2.31. The highest BCUT2D eigenvalue weighted by atomic mass is 19.3. The average Bonchev–Trinajstić information content (AvgIpc) is 2.49. The van der Waals surface area contributed by atoms with Gasteiger partial charge in [0, 0.05) is 17.5 Å². The predicted octanol–water partition coefficient (Wildman–Crippen LogP) is 4.35. The summed E-state index contributed by atoms with van der Waals surface area (Å²) in [5.41, 5.74) is 1.00. The summed E-state index contributed by atoms with van der Waals surface area (Å²) >= 11 is 0. The third-order valence-corrected chi connectivity index (χ3v) is 3.67. The summed E-state index contributed by atoms with van der Waals surface area (Å²) in [7, 11) is 0. The van der Waals surface area contributed by atoms with Crippen LogP contribution >= 0.6 is 0 Å². The average molecular weight is 289 g/mol. The largest absolute Gasteiger partial charge is 0.310 e. The van der Waals surface area contributed by atoms with Gasteiger partial charge in [-0.1, -0.05) is 74.5 Å². The molecule has 0 saturated heterocycles. The van der Waals surface area contributed by atoms with Crippen LogP contribution in [0.3, 0.4) is 0 Å². The normalized spacial score (nSPS) is 12.4. The molecule has 21 heavy (non-hydrogen) atoms. The Morgan fingerprint density at radius 1 is 0.762 bits per heavy atom. The Morgan fingerprint density at radius 2 is 1.24 bits per heavy atom. The maximum Gasteiger partial charge on any atom is 0.285 e. The molecule has 0 bridgehead atoms. The first-order chi connectivity index (χ1) is 9.92. The first kappa shape index (κ1) is 15.6. The van der Waals surface area contributed by atoms with Gasteiger partial charge in [0.25, 0.3) is 5.92 Å². The molecule has 0 heterocycles. The highest BCUT2D eigenvalue weighted by Gasteiger charge is 2.31. The second-order valence-electron chi connectivity index (χ2n) is 5.92. The molecule has 2 aromatic carbocycles. The van der Waals surface area contributed by atoms with Gasteiger partial charge in [-0.2, -0.15) is 8.78 Å². The minimum absolute atomic E-state index is 0.0509. The molecule has 3 heteroatoms. The van der Waals surface area contributed by atoms with Crippen molar-refractivity contribution in [3.8, 4) is 0 Å². The van der Waals surface area contributed by atoms with Crippen molar-refractivity contribution in [1.82, 2.24) is 5.32 Å². The summed E-state index contributed by atoms with van der Waals surface area (Å²) in [6, 6.07) is 17.9. The van der Waals surface area contributed by atoms with E-state index in [9.17, 15) is 8.78 Å². The summed E-state index contributed by atoms with van der Waals surface area (Å²) in [5.74, 6) is -2.85. The molecule has 0 aliphatic carbocycles. The number of halogens is 2. The minimum Gasteiger partial charge on any atom is -0.310 e. The van der Waals surface area contributed by atoms with Crippen LogP contribution in [0.2, 0.25) is 0 Å². The number of hydrogen-bond donors (Lipinski definition) is 1. The molecule has 0 aliphatic heterocycles. The van der Waals surface area contributed by atoms with Gasteiger partial charge in [-0.3, -0.25) is 0 Å². The maximum absolute atomic E-state index is 14.1. The molecule has 0 atom stereocenters. The van der Waals surface area contributed by atoms with Crippen molar-refractivity contribution in [1.29, 1.82) is 0 Å². The first-order valence-corrected chi connectivity index (χ1v) is 7.11. The number of nitrogens with one attached hydrogen (secondary N) is 1. The van der Waals surface area contributed by atoms with Crippen molar-refractivity contribution in [3.63, 3.8) is 0 Å². The zero-order valence-corrected chi connectivity index (χ0v) is 12.4. The van der Waals surface area contributed by atoms with Gasteiger partial charge in [0.1, 0.15) is 0 Å². The molecule has 1 N–H and O–H groups in total. The molecule has 0 radical (unpaired) electrons. The van der Waals surface area contributed by atoms with Gasteiger partial charge < -0.3 is 5.32 Å². The van der Waals surface area contributed by atoms with Crippen LogP contribution in [-0.4, -0.2) is 13.1 Å². The van der Waals surface area contributed by atoms with E-state index in [1.54, 1.807) is 18.2 Å². The van der Waals surface area contributed by atoms with Crippen LogP contribution in [0, 0.1) is 0 Å². The molecule has 0 saturated carbocycles. The Morgan fingerprint density at radius 3 is 1.76 bits per heavy atom. The topological polar surface area (TPSA) is 12.0 Å². The smallest absolute Gasteiger partial charge is 0.285 e. The van der Waals surface area contributed by atoms with Crippen molar-refractivity contribution in [3.05, 3.63) is 71.8 Å². The van der Waals surface area contributed by atoms with E-state index in [-0.39, 0.29) is 17.5 Å². The summed E-state index contributed by atoms with van der Waals surface area (Å²) in [6.07, 6.45) is 0. The van der Waals surface area contributed by atoms with Gasteiger partial charge >= 0.3 is 0 Å². The van der Waals surface area contributed by atoms with Crippen LogP contribution < -0.4 is 5.32 Å². The van der Waals surface area contributed by atoms with E-state index in [2.05, 4.69) is 19.2 Å². The van der Waals surface area contributed by atoms with Crippen LogP contribution in [0.4, 0.5) is 8.78 Å². The van der Waals surface area contributed by atoms with Crippen molar-refractivity contribution in [2.45, 2.75) is 25.2 Å². The van der Waals surface area contributed by atoms with E-state index in [1.165, 1.54) is 12.1 Å². The van der Waals surface area contributed by atoms with Crippen molar-refractivity contribution in [2.75, 3.05) is 13.1 Å². The number of rotatable bonds is 6. The minimum atomic E-state index is -2.85. The molecule has 2 rings (SSSR count). The molecule has 112 valence electrons. The summed E-state index contributed by atoms with van der Waals surface area (Å²) in [4.78, 5) is 0. The lowest BCUT2D eigenvalue weighted by atomic mass is 9.84. The lowest BCUT2D eigenvalue weighted by Gasteiger charge is -2.27. The molecular formula is C18H21F2N. The molecular weight excluding hydrogens is 268 g/mol. The van der Waals surface area contributed by atoms with Crippen LogP contribution in [0.5, 0.6) is 0 Å². The van der Waals surface area contributed by atoms with Gasteiger partial charge in [0.2, 0.25) is 0 Å². The summed E-state index contributed by atoms with van der Waals surface area (Å²) < 4.78 is 28.1. The predicted molar refractivity (Wildman–Crippen MR) is 82.7 cm³/mol. The fourth-order valence-corrected chi connectivity index (χ4v) is 2.31. The van der Waals surface area contributed by atoms with Crippen molar-refractivity contribution >= 4 is 0 Å². The number of alkyl halides is 2. The third-order valence-electron chi connectivity index (χ3n) is 3.67. The molecule has 0 unspecified atom stereocenters. The Bertz CT molecular complexity index is 498. The van der Waals surface area contributed by atoms with Crippen LogP contribution in [-0.2, 0) is 11.3 Å². The first-order valence-electron chi connectivity index (χ1n) is 7.11. The van der Waals surface area contributed by atoms with Gasteiger partial charge in [0.15, 0.2) is 0 Å². The Kier molecular flexibility index (Phi) is 4.73. The number of hydrogen-bond acceptors (Lipinski definition) is 1. The zero-order chi connectivity index (χ0) is 15.3. The molecule has 0 aliphatic rings. The highest BCUT2D eigenvalue weighted by molar-refractivity contribution is 5.24. The highest BCUT2D eigenvalue weighted by Crippen LogP contribution is 2.27. The van der Waals surface area contributed by atoms with Gasteiger partial charge in [0.05, 0.1) is 6.54 Å². The van der Waals surface area contributed by atoms with E-state index in [0.717, 1.165) is 5.56 Å². The van der Waals surface area contributed by atoms with Crippen molar-refractivity contribution in [2.24, 2.45) is 0 Å². The monoisotopic (exact) mass is 289 g/mol. The lowest BCUT2D eigenvalue weighted by Crippen LogP contribution is -2.38. The van der Waals surface area contributed by atoms with Crippen LogP contribution in [0.25, 0.3) is 0 Å². The Hall–Kier alpha value is -1.74. The Balaban J connectivity index is 1.95. The van der Waals surface area contributed by atoms with E-state index in [1.807, 2.05) is 30.3 Å². The SMILES string of the molecule is CC(C)(CNCC(F)(F)c1ccccc1)c1ccccc1. The lowest BCUT2D eigenvalue weighted by molar-refractivity contribution is -0.00392. The van der Waals surface area contributed by atoms with Gasteiger partial charge in [-0.15, -0.1) is 0 Å². The van der Waals surface area contributed by atoms with E-state index in [0.29, 0.717) is 6.54 Å². The second kappa shape index (κ2) is 6.35. The fraction of sp³-hybridized carbons (Fsp3) is 0.333. The molecule has 2 aromatic rings. The molecule has 0 aromatic heterocycles. The third kappa shape index (κ3) is 4.11. The quantitative estimate of drug-likeness (QED) is 0.834. The van der Waals surface area contributed by atoms with E-state index in [4.69, 9.17) is 0 Å². The van der Waals surface area contributed by atoms with Gasteiger partial charge in [-0.25, -0.2) is 0 Å². The van der Waals surface area contributed by atoms with E-state index >= 15 is 0 Å². The zero-order valence-electron chi connectivity index (χ0n) is 12.4. The van der Waals surface area contributed by atoms with Crippen LogP contribution in [0.1, 0.15) is 25.0 Å². The maximum atomic E-state index is 14.1. The van der Waals surface area contributed by atoms with E-state index < -0.39 is 5.92 Å². The number of benzene rings is 2. The summed E-state index contributed by atoms with van der Waals surface area (Å²) in [5, 5.41) is 2.91. The summed E-state index contributed by atoms with van der Waals surface area (Å²) in [6.45, 7) is 4.25. The second-order valence-corrected chi connectivity index (χ2v) is 5.92. The molecule has 1 nitrogen and oxygen atoms in total. The van der Waals surface area contributed by atoms with Crippen LogP contribution in [0.15, 0.2) is 60.7 Å². The molecule has 0 amide bonds. The Labute approximate surface area is 125 Å². The molecule has 0 spiro atoms. The molecule has 0 fully saturated rings. The van der Waals surface area contributed by atoms with Crippen molar-refractivity contribution < 1.29 is 8.78 Å².